The number of nitrogens with zero attached hydrogens (tertiary/aromatic N) is 2. The molecule has 52 heavy (non-hydrogen) atoms. The van der Waals surface area contributed by atoms with Crippen LogP contribution < -0.4 is 9.47 Å². The summed E-state index contributed by atoms with van der Waals surface area (Å²) >= 11 is 0. The highest BCUT2D eigenvalue weighted by molar-refractivity contribution is 6.04. The molecule has 1 amide bonds. The van der Waals surface area contributed by atoms with Gasteiger partial charge >= 0.3 is 0 Å². The van der Waals surface area contributed by atoms with Crippen LogP contribution in [0.4, 0.5) is 0 Å². The highest BCUT2D eigenvalue weighted by Gasteiger charge is 2.65. The van der Waals surface area contributed by atoms with Gasteiger partial charge in [0.2, 0.25) is 5.79 Å². The summed E-state index contributed by atoms with van der Waals surface area (Å²) in [5, 5.41) is 26.2. The molecule has 3 aromatic carbocycles. The van der Waals surface area contributed by atoms with E-state index < -0.39 is 11.8 Å². The van der Waals surface area contributed by atoms with Crippen molar-refractivity contribution in [1.82, 2.24) is 4.90 Å². The van der Waals surface area contributed by atoms with Gasteiger partial charge in [-0.1, -0.05) is 73.1 Å². The van der Waals surface area contributed by atoms with E-state index in [0.717, 1.165) is 53.3 Å². The summed E-state index contributed by atoms with van der Waals surface area (Å²) in [6, 6.07) is 19.1. The number of benzene rings is 3. The van der Waals surface area contributed by atoms with Gasteiger partial charge in [-0.25, -0.2) is 0 Å². The Kier molecular flexibility index (Phi) is 12.1. The summed E-state index contributed by atoms with van der Waals surface area (Å²) in [7, 11) is 3.37. The van der Waals surface area contributed by atoms with Gasteiger partial charge < -0.3 is 34.2 Å². The minimum absolute atomic E-state index is 0.118. The SMILES string of the molecule is C=CCOc1ccc2c(c1)C1C(CCCCO)C(CCCCO)C=C3C(=NOC)CC(N(C)C(=O)c4ccc5ccccc5c4)C(OCC=C)(O2)C31. The van der Waals surface area contributed by atoms with Crippen molar-refractivity contribution < 1.29 is 34.1 Å². The van der Waals surface area contributed by atoms with Crippen LogP contribution >= 0.6 is 0 Å². The number of ether oxygens (including phenoxy) is 3. The number of carbonyl (C=O) groups excluding carboxylic acids is 1. The Morgan fingerprint density at radius 1 is 0.981 bits per heavy atom. The van der Waals surface area contributed by atoms with Crippen molar-refractivity contribution in [3.05, 3.63) is 109 Å². The van der Waals surface area contributed by atoms with E-state index in [1.54, 1.807) is 24.2 Å². The van der Waals surface area contributed by atoms with Crippen molar-refractivity contribution >= 4 is 22.4 Å². The maximum Gasteiger partial charge on any atom is 0.254 e. The number of aliphatic hydroxyl groups excluding tert-OH is 2. The van der Waals surface area contributed by atoms with Crippen molar-refractivity contribution in [2.45, 2.75) is 62.7 Å². The highest BCUT2D eigenvalue weighted by Crippen LogP contribution is 2.61. The second-order valence-corrected chi connectivity index (χ2v) is 14.0. The summed E-state index contributed by atoms with van der Waals surface area (Å²) in [5.74, 6) is -0.272. The molecule has 6 rings (SSSR count). The molecule has 9 nitrogen and oxygen atoms in total. The second-order valence-electron chi connectivity index (χ2n) is 14.0. The standard InChI is InChI=1S/C43H52N2O7/c1-5-23-50-33-19-20-38-36(27-33)40-34(16-10-12-22-47)31(15-9-11-21-46)26-35-37(44-49-4)28-39(43(52-38,41(35)40)51-24-6-2)45(3)42(48)32-18-17-29-13-7-8-14-30(29)25-32/h5-8,13-14,17-20,25-27,31,34,39-41,46-47H,1-2,9-12,15-16,21-24,28H2,3-4H3. The van der Waals surface area contributed by atoms with Gasteiger partial charge in [-0.3, -0.25) is 4.79 Å². The van der Waals surface area contributed by atoms with E-state index in [0.29, 0.717) is 42.9 Å². The Balaban J connectivity index is 1.55. The number of hydrogen-bond donors (Lipinski definition) is 2. The van der Waals surface area contributed by atoms with Gasteiger partial charge in [0.25, 0.3) is 5.91 Å². The molecule has 1 heterocycles. The third-order valence-electron chi connectivity index (χ3n) is 11.0. The molecule has 3 aliphatic rings. The molecule has 2 N–H and O–H groups in total. The van der Waals surface area contributed by atoms with Crippen molar-refractivity contribution in [2.24, 2.45) is 22.9 Å². The number of aliphatic hydroxyl groups is 2. The number of fused-ring (bicyclic) bond motifs is 3. The van der Waals surface area contributed by atoms with Gasteiger partial charge in [0.1, 0.15) is 31.3 Å². The number of unbranched alkanes of at least 4 members (excludes halogenated alkanes) is 2. The molecule has 6 atom stereocenters. The van der Waals surface area contributed by atoms with Gasteiger partial charge in [-0.2, -0.15) is 0 Å². The zero-order valence-corrected chi connectivity index (χ0v) is 30.4. The molecule has 9 heteroatoms. The average molecular weight is 709 g/mol. The summed E-state index contributed by atoms with van der Waals surface area (Å²) < 4.78 is 20.2. The first-order chi connectivity index (χ1) is 25.4. The number of hydrogen-bond acceptors (Lipinski definition) is 8. The molecule has 0 bridgehead atoms. The largest absolute Gasteiger partial charge is 0.490 e. The fourth-order valence-electron chi connectivity index (χ4n) is 8.75. The molecule has 1 saturated carbocycles. The monoisotopic (exact) mass is 708 g/mol. The van der Waals surface area contributed by atoms with Gasteiger partial charge in [-0.05, 0) is 84.2 Å². The lowest BCUT2D eigenvalue weighted by molar-refractivity contribution is -0.252. The van der Waals surface area contributed by atoms with Crippen LogP contribution in [-0.4, -0.2) is 79.1 Å². The van der Waals surface area contributed by atoms with E-state index in [1.807, 2.05) is 61.6 Å². The zero-order valence-electron chi connectivity index (χ0n) is 30.4. The number of amides is 1. The Morgan fingerprint density at radius 3 is 2.46 bits per heavy atom. The van der Waals surface area contributed by atoms with Crippen LogP contribution in [0, 0.1) is 17.8 Å². The molecule has 0 saturated heterocycles. The molecule has 276 valence electrons. The van der Waals surface area contributed by atoms with Crippen molar-refractivity contribution in [2.75, 3.05) is 40.6 Å². The van der Waals surface area contributed by atoms with Crippen molar-refractivity contribution in [1.29, 1.82) is 0 Å². The fourth-order valence-corrected chi connectivity index (χ4v) is 8.75. The van der Waals surface area contributed by atoms with Crippen LogP contribution in [-0.2, 0) is 9.57 Å². The molecular formula is C43H52N2O7. The topological polar surface area (TPSA) is 110 Å². The van der Waals surface area contributed by atoms with E-state index in [-0.39, 0.29) is 49.4 Å². The normalized spacial score (nSPS) is 25.3. The van der Waals surface area contributed by atoms with E-state index >= 15 is 0 Å². The maximum atomic E-state index is 14.6. The molecule has 6 unspecified atom stereocenters. The van der Waals surface area contributed by atoms with Crippen LogP contribution in [0.1, 0.15) is 66.8 Å². The van der Waals surface area contributed by atoms with Gasteiger partial charge in [0.05, 0.1) is 18.2 Å². The third kappa shape index (κ3) is 7.27. The van der Waals surface area contributed by atoms with Crippen LogP contribution in [0.15, 0.2) is 103 Å². The summed E-state index contributed by atoms with van der Waals surface area (Å²) in [5.41, 5.74) is 3.33. The predicted octanol–water partition coefficient (Wildman–Crippen LogP) is 7.44. The molecule has 0 aromatic heterocycles. The van der Waals surface area contributed by atoms with Crippen molar-refractivity contribution in [3.8, 4) is 11.5 Å². The summed E-state index contributed by atoms with van der Waals surface area (Å²) in [6.45, 7) is 8.65. The maximum absolute atomic E-state index is 14.6. The summed E-state index contributed by atoms with van der Waals surface area (Å²) in [4.78, 5) is 21.8. The molecule has 0 spiro atoms. The molecular weight excluding hydrogens is 656 g/mol. The van der Waals surface area contributed by atoms with Crippen LogP contribution in [0.2, 0.25) is 0 Å². The Bertz CT molecular complexity index is 1800. The number of carbonyl (C=O) groups is 1. The Labute approximate surface area is 307 Å². The first kappa shape index (κ1) is 37.3. The molecule has 0 radical (unpaired) electrons. The number of rotatable bonds is 17. The minimum atomic E-state index is -1.31. The second kappa shape index (κ2) is 16.9. The van der Waals surface area contributed by atoms with Gasteiger partial charge in [0.15, 0.2) is 0 Å². The Morgan fingerprint density at radius 2 is 1.73 bits per heavy atom. The number of likely N-dealkylation sites (N-methyl/N-ethyl adjacent to an activating group) is 1. The first-order valence-corrected chi connectivity index (χ1v) is 18.5. The minimum Gasteiger partial charge on any atom is -0.490 e. The third-order valence-corrected chi connectivity index (χ3v) is 11.0. The predicted molar refractivity (Wildman–Crippen MR) is 204 cm³/mol. The van der Waals surface area contributed by atoms with E-state index in [4.69, 9.17) is 19.0 Å². The number of allylic oxidation sites excluding steroid dienone is 1. The lowest BCUT2D eigenvalue weighted by atomic mass is 9.55. The summed E-state index contributed by atoms with van der Waals surface area (Å²) in [6.07, 6.45) is 11.0. The smallest absolute Gasteiger partial charge is 0.254 e. The van der Waals surface area contributed by atoms with E-state index in [9.17, 15) is 15.0 Å². The molecule has 2 aliphatic carbocycles. The zero-order chi connectivity index (χ0) is 36.7. The molecule has 3 aromatic rings. The van der Waals surface area contributed by atoms with Crippen LogP contribution in [0.5, 0.6) is 11.5 Å². The average Bonchev–Trinajstić information content (AvgIpc) is 3.17. The lowest BCUT2D eigenvalue weighted by Crippen LogP contribution is -2.69. The Hall–Kier alpha value is -4.44. The highest BCUT2D eigenvalue weighted by atomic mass is 16.7. The van der Waals surface area contributed by atoms with Crippen LogP contribution in [0.3, 0.4) is 0 Å². The van der Waals surface area contributed by atoms with Crippen LogP contribution in [0.25, 0.3) is 10.8 Å². The van der Waals surface area contributed by atoms with Gasteiger partial charge in [0, 0.05) is 43.7 Å². The van der Waals surface area contributed by atoms with E-state index in [1.165, 1.54) is 0 Å². The lowest BCUT2D eigenvalue weighted by Gasteiger charge is -2.59. The van der Waals surface area contributed by atoms with Gasteiger partial charge in [-0.15, -0.1) is 6.58 Å². The first-order valence-electron chi connectivity index (χ1n) is 18.5. The molecule has 1 fully saturated rings. The fraction of sp³-hybridized carbons (Fsp3) is 0.442. The molecule has 1 aliphatic heterocycles. The quantitative estimate of drug-likeness (QED) is 0.0853. The van der Waals surface area contributed by atoms with Crippen molar-refractivity contribution in [3.63, 3.8) is 0 Å². The number of oxime groups is 1. The van der Waals surface area contributed by atoms with E-state index in [2.05, 4.69) is 30.5 Å².